The number of rotatable bonds is 10. The van der Waals surface area contributed by atoms with Gasteiger partial charge in [0.05, 0.1) is 0 Å². The molecule has 0 amide bonds. The fourth-order valence-electron chi connectivity index (χ4n) is 3.48. The second-order valence-corrected chi connectivity index (χ2v) is 8.02. The van der Waals surface area contributed by atoms with Crippen molar-refractivity contribution in [2.45, 2.75) is 73.1 Å². The molecule has 1 rings (SSSR count). The summed E-state index contributed by atoms with van der Waals surface area (Å²) in [4.78, 5) is 0. The molecule has 0 aromatic heterocycles. The van der Waals surface area contributed by atoms with Crippen molar-refractivity contribution in [3.8, 4) is 0 Å². The van der Waals surface area contributed by atoms with Gasteiger partial charge >= 0.3 is 0 Å². The van der Waals surface area contributed by atoms with Crippen LogP contribution in [0.15, 0.2) is 54.3 Å². The molecule has 0 N–H and O–H groups in total. The summed E-state index contributed by atoms with van der Waals surface area (Å²) in [5.74, 6) is 0.477. The number of hydrogen-bond acceptors (Lipinski definition) is 0. The van der Waals surface area contributed by atoms with Crippen LogP contribution in [0.5, 0.6) is 0 Å². The van der Waals surface area contributed by atoms with E-state index in [0.717, 1.165) is 19.3 Å². The molecule has 1 aliphatic rings. The van der Waals surface area contributed by atoms with Crippen LogP contribution in [0, 0.1) is 16.7 Å². The van der Waals surface area contributed by atoms with E-state index in [0.29, 0.717) is 11.3 Å². The van der Waals surface area contributed by atoms with Gasteiger partial charge < -0.3 is 0 Å². The Morgan fingerprint density at radius 1 is 1.48 bits per heavy atom. The van der Waals surface area contributed by atoms with Gasteiger partial charge in [-0.05, 0) is 80.8 Å². The molecule has 0 heteroatoms. The van der Waals surface area contributed by atoms with Crippen molar-refractivity contribution >= 4 is 0 Å². The van der Waals surface area contributed by atoms with E-state index in [1.807, 2.05) is 6.08 Å². The summed E-state index contributed by atoms with van der Waals surface area (Å²) >= 11 is 0. The largest absolute Gasteiger partial charge is 0.126 e. The van der Waals surface area contributed by atoms with E-state index in [1.165, 1.54) is 24.8 Å². The van der Waals surface area contributed by atoms with Crippen LogP contribution in [0.3, 0.4) is 0 Å². The van der Waals surface area contributed by atoms with Crippen LogP contribution in [-0.2, 0) is 0 Å². The van der Waals surface area contributed by atoms with E-state index < -0.39 is 0 Å². The van der Waals surface area contributed by atoms with Crippen LogP contribution < -0.4 is 0 Å². The predicted molar refractivity (Wildman–Crippen MR) is 105 cm³/mol. The predicted octanol–water partition coefficient (Wildman–Crippen LogP) is 7.41. The molecular formula is C23H36. The summed E-state index contributed by atoms with van der Waals surface area (Å²) < 4.78 is 0. The summed E-state index contributed by atoms with van der Waals surface area (Å²) in [6, 6.07) is 0. The lowest BCUT2D eigenvalue weighted by atomic mass is 9.68. The maximum Gasteiger partial charge on any atom is -0.00845 e. The fraction of sp³-hybridized carbons (Fsp3) is 0.609. The smallest absolute Gasteiger partial charge is 0.00845 e. The van der Waals surface area contributed by atoms with Crippen molar-refractivity contribution in [2.75, 3.05) is 0 Å². The van der Waals surface area contributed by atoms with Gasteiger partial charge in [0.2, 0.25) is 0 Å². The van der Waals surface area contributed by atoms with Gasteiger partial charge in [0.15, 0.2) is 0 Å². The molecule has 128 valence electrons. The van der Waals surface area contributed by atoms with Gasteiger partial charge in [-0.15, -0.1) is 18.9 Å². The zero-order valence-electron chi connectivity index (χ0n) is 16.0. The molecule has 0 aromatic rings. The highest BCUT2D eigenvalue weighted by Crippen LogP contribution is 2.44. The Bertz CT molecular complexity index is 512. The Labute approximate surface area is 144 Å². The minimum Gasteiger partial charge on any atom is -0.126 e. The monoisotopic (exact) mass is 312 g/mol. The maximum absolute atomic E-state index is 3.97. The van der Waals surface area contributed by atoms with Gasteiger partial charge in [-0.3, -0.25) is 0 Å². The first-order valence-corrected chi connectivity index (χ1v) is 9.09. The van der Waals surface area contributed by atoms with Gasteiger partial charge in [-0.2, -0.15) is 0 Å². The van der Waals surface area contributed by atoms with Crippen molar-refractivity contribution < 1.29 is 0 Å². The molecule has 0 saturated heterocycles. The van der Waals surface area contributed by atoms with Crippen LogP contribution in [0.1, 0.15) is 73.1 Å². The van der Waals surface area contributed by atoms with Gasteiger partial charge in [-0.25, -0.2) is 0 Å². The van der Waals surface area contributed by atoms with Crippen LogP contribution in [0.2, 0.25) is 0 Å². The second-order valence-electron chi connectivity index (χ2n) is 8.02. The highest BCUT2D eigenvalue weighted by atomic mass is 14.4. The van der Waals surface area contributed by atoms with Crippen molar-refractivity contribution in [1.29, 1.82) is 0 Å². The summed E-state index contributed by atoms with van der Waals surface area (Å²) in [6.45, 7) is 19.3. The van der Waals surface area contributed by atoms with E-state index in [4.69, 9.17) is 0 Å². The third-order valence-electron chi connectivity index (χ3n) is 5.97. The fourth-order valence-corrected chi connectivity index (χ4v) is 3.48. The van der Waals surface area contributed by atoms with E-state index in [-0.39, 0.29) is 5.41 Å². The van der Waals surface area contributed by atoms with E-state index in [2.05, 4.69) is 71.7 Å². The molecule has 0 radical (unpaired) electrons. The average Bonchev–Trinajstić information content (AvgIpc) is 2.52. The Morgan fingerprint density at radius 3 is 2.65 bits per heavy atom. The minimum atomic E-state index is 0.204. The summed E-state index contributed by atoms with van der Waals surface area (Å²) in [5, 5.41) is 0. The molecule has 0 spiro atoms. The normalized spacial score (nSPS) is 23.6. The zero-order valence-corrected chi connectivity index (χ0v) is 16.0. The number of unbranched alkanes of at least 4 members (excludes halogenated alkanes) is 1. The highest BCUT2D eigenvalue weighted by Gasteiger charge is 2.30. The molecule has 0 aliphatic heterocycles. The van der Waals surface area contributed by atoms with Gasteiger partial charge in [0.1, 0.15) is 0 Å². The second kappa shape index (κ2) is 8.55. The Kier molecular flexibility index (Phi) is 7.36. The van der Waals surface area contributed by atoms with Gasteiger partial charge in [0.25, 0.3) is 0 Å². The van der Waals surface area contributed by atoms with E-state index in [1.54, 1.807) is 5.57 Å². The van der Waals surface area contributed by atoms with Gasteiger partial charge in [-0.1, -0.05) is 44.6 Å². The standard InChI is InChI=1S/C23H36/c1-8-15-23(7,20(4)9-2)18-19(3)13-11-10-12-16-22(6)17-14-21(22)5/h8-9,11,14,20H,1-2,10,12,15-18H2,3-7H3. The Morgan fingerprint density at radius 2 is 2.17 bits per heavy atom. The van der Waals surface area contributed by atoms with Crippen molar-refractivity contribution in [2.24, 2.45) is 16.7 Å². The molecule has 3 atom stereocenters. The van der Waals surface area contributed by atoms with Crippen LogP contribution in [0.4, 0.5) is 0 Å². The Balaban J connectivity index is 2.52. The molecule has 0 bridgehead atoms. The lowest BCUT2D eigenvalue weighted by molar-refractivity contribution is 0.245. The van der Waals surface area contributed by atoms with Crippen LogP contribution in [-0.4, -0.2) is 0 Å². The SMILES string of the molecule is C=CCC(C)(CC(C)=C=CCCCC1(C)CC=C1C)C(C)C=C. The zero-order chi connectivity index (χ0) is 17.5. The first kappa shape index (κ1) is 19.8. The maximum atomic E-state index is 3.97. The first-order chi connectivity index (χ1) is 10.8. The van der Waals surface area contributed by atoms with Crippen LogP contribution >= 0.6 is 0 Å². The highest BCUT2D eigenvalue weighted by molar-refractivity contribution is 5.22. The molecule has 0 fully saturated rings. The third kappa shape index (κ3) is 5.40. The van der Waals surface area contributed by atoms with E-state index >= 15 is 0 Å². The number of hydrogen-bond donors (Lipinski definition) is 0. The summed E-state index contributed by atoms with van der Waals surface area (Å²) in [7, 11) is 0. The lowest BCUT2D eigenvalue weighted by Crippen LogP contribution is -2.24. The molecule has 1 aliphatic carbocycles. The van der Waals surface area contributed by atoms with Crippen LogP contribution in [0.25, 0.3) is 0 Å². The molecule has 0 aromatic carbocycles. The number of allylic oxidation sites excluding steroid dienone is 5. The molecule has 0 saturated carbocycles. The molecule has 23 heavy (non-hydrogen) atoms. The molecule has 0 nitrogen and oxygen atoms in total. The molecular weight excluding hydrogens is 276 g/mol. The van der Waals surface area contributed by atoms with Gasteiger partial charge in [0, 0.05) is 0 Å². The van der Waals surface area contributed by atoms with Crippen molar-refractivity contribution in [3.05, 3.63) is 54.3 Å². The summed E-state index contributed by atoms with van der Waals surface area (Å²) in [6.07, 6.45) is 15.7. The molecule has 3 unspecified atom stereocenters. The van der Waals surface area contributed by atoms with Crippen molar-refractivity contribution in [1.82, 2.24) is 0 Å². The first-order valence-electron chi connectivity index (χ1n) is 9.09. The third-order valence-corrected chi connectivity index (χ3v) is 5.97. The minimum absolute atomic E-state index is 0.204. The average molecular weight is 313 g/mol. The lowest BCUT2D eigenvalue weighted by Gasteiger charge is -2.37. The quantitative estimate of drug-likeness (QED) is 0.224. The summed E-state index contributed by atoms with van der Waals surface area (Å²) in [5.41, 5.74) is 7.12. The topological polar surface area (TPSA) is 0 Å². The molecule has 0 heterocycles. The Hall–Kier alpha value is -1.26. The van der Waals surface area contributed by atoms with E-state index in [9.17, 15) is 0 Å². The van der Waals surface area contributed by atoms with Crippen molar-refractivity contribution in [3.63, 3.8) is 0 Å².